The Labute approximate surface area is 136 Å². The van der Waals surface area contributed by atoms with E-state index < -0.39 is 0 Å². The summed E-state index contributed by atoms with van der Waals surface area (Å²) >= 11 is 5.13. The molecule has 1 aromatic carbocycles. The van der Waals surface area contributed by atoms with Crippen molar-refractivity contribution in [3.05, 3.63) is 50.1 Å². The van der Waals surface area contributed by atoms with Gasteiger partial charge in [0, 0.05) is 18.5 Å². The average molecular weight is 366 g/mol. The van der Waals surface area contributed by atoms with Gasteiger partial charge in [-0.25, -0.2) is 0 Å². The van der Waals surface area contributed by atoms with Crippen molar-refractivity contribution >= 4 is 33.0 Å². The molecule has 3 nitrogen and oxygen atoms in total. The van der Waals surface area contributed by atoms with E-state index in [2.05, 4.69) is 27.4 Å². The van der Waals surface area contributed by atoms with Crippen molar-refractivity contribution in [1.29, 1.82) is 0 Å². The normalized spacial score (nSPS) is 13.3. The quantitative estimate of drug-likeness (QED) is 0.755. The van der Waals surface area contributed by atoms with Crippen LogP contribution in [0.5, 0.6) is 5.75 Å². The number of carbonyl (C=O) groups is 1. The van der Waals surface area contributed by atoms with Crippen molar-refractivity contribution in [2.75, 3.05) is 20.2 Å². The van der Waals surface area contributed by atoms with E-state index in [1.165, 1.54) is 5.56 Å². The molecule has 0 saturated heterocycles. The van der Waals surface area contributed by atoms with Crippen LogP contribution in [0.25, 0.3) is 0 Å². The molecule has 0 saturated carbocycles. The van der Waals surface area contributed by atoms with Gasteiger partial charge in [0.2, 0.25) is 0 Å². The molecule has 2 heterocycles. The third kappa shape index (κ3) is 3.54. The van der Waals surface area contributed by atoms with Crippen LogP contribution >= 0.6 is 27.3 Å². The van der Waals surface area contributed by atoms with Gasteiger partial charge in [0.25, 0.3) is 0 Å². The molecule has 0 unspecified atom stereocenters. The predicted molar refractivity (Wildman–Crippen MR) is 88.3 cm³/mol. The fourth-order valence-electron chi connectivity index (χ4n) is 2.49. The predicted octanol–water partition coefficient (Wildman–Crippen LogP) is 3.76. The Balaban J connectivity index is 1.63. The minimum absolute atomic E-state index is 0.154. The van der Waals surface area contributed by atoms with Gasteiger partial charge >= 0.3 is 0 Å². The summed E-state index contributed by atoms with van der Waals surface area (Å²) in [5.41, 5.74) is 3.15. The number of likely N-dealkylation sites (N-methyl/N-ethyl adjacent to an activating group) is 1. The van der Waals surface area contributed by atoms with Gasteiger partial charge in [-0.15, -0.1) is 11.3 Å². The van der Waals surface area contributed by atoms with Gasteiger partial charge in [-0.2, -0.15) is 0 Å². The van der Waals surface area contributed by atoms with Crippen LogP contribution in [0.2, 0.25) is 0 Å². The number of ketones is 1. The zero-order valence-electron chi connectivity index (χ0n) is 11.8. The van der Waals surface area contributed by atoms with Crippen LogP contribution in [-0.4, -0.2) is 30.9 Å². The third-order valence-corrected chi connectivity index (χ3v) is 5.05. The fourth-order valence-corrected chi connectivity index (χ4v) is 3.69. The van der Waals surface area contributed by atoms with E-state index >= 15 is 0 Å². The highest BCUT2D eigenvalue weighted by Gasteiger charge is 2.16. The van der Waals surface area contributed by atoms with Crippen LogP contribution in [0.3, 0.4) is 0 Å². The van der Waals surface area contributed by atoms with E-state index in [1.807, 2.05) is 30.1 Å². The number of thiophene rings is 1. The van der Waals surface area contributed by atoms with Crippen LogP contribution < -0.4 is 4.74 Å². The van der Waals surface area contributed by atoms with Gasteiger partial charge in [-0.1, -0.05) is 0 Å². The van der Waals surface area contributed by atoms with Crippen molar-refractivity contribution < 1.29 is 9.53 Å². The number of benzene rings is 1. The number of Topliss-reactive ketones (excluding diaryl/α,β-unsaturated/α-hetero) is 1. The van der Waals surface area contributed by atoms with E-state index in [9.17, 15) is 4.79 Å². The molecule has 1 aliphatic rings. The summed E-state index contributed by atoms with van der Waals surface area (Å²) in [5.74, 6) is 1.07. The lowest BCUT2D eigenvalue weighted by Crippen LogP contribution is -2.25. The Morgan fingerprint density at radius 1 is 1.43 bits per heavy atom. The number of nitrogens with zero attached hydrogens (tertiary/aromatic N) is 1. The Morgan fingerprint density at radius 3 is 3.05 bits per heavy atom. The number of hydrogen-bond acceptors (Lipinski definition) is 4. The fraction of sp³-hybridized carbons (Fsp3) is 0.312. The molecular formula is C16H16BrNO2S. The van der Waals surface area contributed by atoms with Crippen LogP contribution in [0.15, 0.2) is 33.4 Å². The summed E-state index contributed by atoms with van der Waals surface area (Å²) in [6.45, 7) is 1.93. The monoisotopic (exact) mass is 365 g/mol. The summed E-state index contributed by atoms with van der Waals surface area (Å²) in [6, 6.07) is 7.84. The molecule has 0 amide bonds. The van der Waals surface area contributed by atoms with Crippen molar-refractivity contribution in [1.82, 2.24) is 4.90 Å². The lowest BCUT2D eigenvalue weighted by molar-refractivity contribution is 0.0943. The number of ether oxygens (including phenoxy) is 1. The highest BCUT2D eigenvalue weighted by Crippen LogP contribution is 2.26. The first kappa shape index (κ1) is 14.8. The lowest BCUT2D eigenvalue weighted by atomic mass is 10.1. The number of halogens is 1. The van der Waals surface area contributed by atoms with Gasteiger partial charge < -0.3 is 4.74 Å². The topological polar surface area (TPSA) is 29.5 Å². The van der Waals surface area contributed by atoms with E-state index in [0.29, 0.717) is 6.54 Å². The van der Waals surface area contributed by atoms with Crippen LogP contribution in [0, 0.1) is 0 Å². The van der Waals surface area contributed by atoms with Gasteiger partial charge in [-0.3, -0.25) is 9.69 Å². The van der Waals surface area contributed by atoms with Crippen molar-refractivity contribution in [2.45, 2.75) is 13.0 Å². The molecule has 0 fully saturated rings. The van der Waals surface area contributed by atoms with Crippen molar-refractivity contribution in [2.24, 2.45) is 0 Å². The molecular weight excluding hydrogens is 350 g/mol. The number of rotatable bonds is 5. The first-order valence-electron chi connectivity index (χ1n) is 6.82. The molecule has 2 aromatic rings. The first-order valence-corrected chi connectivity index (χ1v) is 8.49. The smallest absolute Gasteiger partial charge is 0.176 e. The zero-order chi connectivity index (χ0) is 14.8. The molecule has 0 atom stereocenters. The molecule has 0 bridgehead atoms. The van der Waals surface area contributed by atoms with Crippen molar-refractivity contribution in [3.63, 3.8) is 0 Å². The molecule has 1 aromatic heterocycles. The second-order valence-electron chi connectivity index (χ2n) is 5.28. The Hall–Kier alpha value is -1.17. The Bertz CT molecular complexity index is 668. The van der Waals surface area contributed by atoms with Crippen LogP contribution in [0.4, 0.5) is 0 Å². The highest BCUT2D eigenvalue weighted by molar-refractivity contribution is 9.11. The number of fused-ring (bicyclic) bond motifs is 1. The summed E-state index contributed by atoms with van der Waals surface area (Å²) in [5, 5.41) is 2.11. The summed E-state index contributed by atoms with van der Waals surface area (Å²) in [7, 11) is 1.97. The minimum atomic E-state index is 0.154. The average Bonchev–Trinajstić information content (AvgIpc) is 3.06. The van der Waals surface area contributed by atoms with E-state index in [-0.39, 0.29) is 5.78 Å². The van der Waals surface area contributed by atoms with Gasteiger partial charge in [-0.05, 0) is 63.8 Å². The van der Waals surface area contributed by atoms with E-state index in [0.717, 1.165) is 40.2 Å². The van der Waals surface area contributed by atoms with Crippen molar-refractivity contribution in [3.8, 4) is 5.75 Å². The summed E-state index contributed by atoms with van der Waals surface area (Å²) in [6.07, 6.45) is 0.898. The minimum Gasteiger partial charge on any atom is -0.493 e. The van der Waals surface area contributed by atoms with E-state index in [4.69, 9.17) is 4.74 Å². The summed E-state index contributed by atoms with van der Waals surface area (Å²) in [4.78, 5) is 14.4. The van der Waals surface area contributed by atoms with Gasteiger partial charge in [0.15, 0.2) is 5.78 Å². The van der Waals surface area contributed by atoms with E-state index in [1.54, 1.807) is 11.3 Å². The largest absolute Gasteiger partial charge is 0.493 e. The molecule has 21 heavy (non-hydrogen) atoms. The maximum absolute atomic E-state index is 12.4. The number of carbonyl (C=O) groups excluding carboxylic acids is 1. The lowest BCUT2D eigenvalue weighted by Gasteiger charge is -2.15. The maximum Gasteiger partial charge on any atom is 0.176 e. The standard InChI is InChI=1S/C16H16BrNO2S/c1-18(8-11-6-16(17)21-10-11)9-14(19)12-2-3-15-13(7-12)4-5-20-15/h2-3,6-7,10H,4-5,8-9H2,1H3. The molecule has 3 rings (SSSR count). The highest BCUT2D eigenvalue weighted by atomic mass is 79.9. The van der Waals surface area contributed by atoms with Crippen LogP contribution in [-0.2, 0) is 13.0 Å². The zero-order valence-corrected chi connectivity index (χ0v) is 14.2. The molecule has 0 radical (unpaired) electrons. The van der Waals surface area contributed by atoms with Crippen LogP contribution in [0.1, 0.15) is 21.5 Å². The third-order valence-electron chi connectivity index (χ3n) is 3.50. The van der Waals surface area contributed by atoms with Gasteiger partial charge in [0.1, 0.15) is 5.75 Å². The SMILES string of the molecule is CN(CC(=O)c1ccc2c(c1)CCO2)Cc1csc(Br)c1. The Morgan fingerprint density at radius 2 is 2.29 bits per heavy atom. The molecule has 5 heteroatoms. The number of hydrogen-bond donors (Lipinski definition) is 0. The molecule has 0 N–H and O–H groups in total. The molecule has 0 spiro atoms. The Kier molecular flexibility index (Phi) is 4.42. The molecule has 0 aliphatic carbocycles. The maximum atomic E-state index is 12.4. The second kappa shape index (κ2) is 6.30. The second-order valence-corrected chi connectivity index (χ2v) is 7.57. The van der Waals surface area contributed by atoms with Gasteiger partial charge in [0.05, 0.1) is 16.9 Å². The first-order chi connectivity index (χ1) is 10.1. The summed E-state index contributed by atoms with van der Waals surface area (Å²) < 4.78 is 6.59. The molecule has 1 aliphatic heterocycles. The molecule has 110 valence electrons.